The van der Waals surface area contributed by atoms with E-state index < -0.39 is 0 Å². The lowest BCUT2D eigenvalue weighted by molar-refractivity contribution is 0.195. The summed E-state index contributed by atoms with van der Waals surface area (Å²) in [6, 6.07) is 15.5. The fourth-order valence-corrected chi connectivity index (χ4v) is 2.98. The molecule has 2 aromatic rings. The van der Waals surface area contributed by atoms with E-state index >= 15 is 0 Å². The van der Waals surface area contributed by atoms with Crippen LogP contribution in [-0.2, 0) is 0 Å². The summed E-state index contributed by atoms with van der Waals surface area (Å²) in [7, 11) is 0. The monoisotopic (exact) mass is 273 g/mol. The molecule has 0 aliphatic heterocycles. The molecule has 3 heteroatoms. The minimum Gasteiger partial charge on any atom is -0.391 e. The number of aliphatic hydroxyl groups excluding tert-OH is 1. The van der Waals surface area contributed by atoms with Gasteiger partial charge in [-0.15, -0.1) is 11.8 Å². The van der Waals surface area contributed by atoms with Gasteiger partial charge in [0.25, 0.3) is 0 Å². The van der Waals surface area contributed by atoms with Crippen molar-refractivity contribution in [2.75, 3.05) is 12.3 Å². The van der Waals surface area contributed by atoms with E-state index in [1.54, 1.807) is 11.8 Å². The lowest BCUT2D eigenvalue weighted by Gasteiger charge is -2.11. The molecule has 2 nitrogen and oxygen atoms in total. The summed E-state index contributed by atoms with van der Waals surface area (Å²) in [4.78, 5) is 1.23. The Morgan fingerprint density at radius 3 is 2.74 bits per heavy atom. The minimum absolute atomic E-state index is 0.267. The maximum atomic E-state index is 9.92. The van der Waals surface area contributed by atoms with Crippen LogP contribution in [0.25, 0.3) is 10.8 Å². The van der Waals surface area contributed by atoms with E-state index in [-0.39, 0.29) is 6.10 Å². The normalized spacial score (nSPS) is 16.7. The van der Waals surface area contributed by atoms with Gasteiger partial charge in [-0.3, -0.25) is 0 Å². The third-order valence-electron chi connectivity index (χ3n) is 3.38. The maximum absolute atomic E-state index is 9.92. The highest BCUT2D eigenvalue weighted by Gasteiger charge is 2.21. The van der Waals surface area contributed by atoms with Crippen molar-refractivity contribution < 1.29 is 5.11 Å². The number of nitrogens with one attached hydrogen (secondary N) is 1. The molecule has 0 spiro atoms. The largest absolute Gasteiger partial charge is 0.391 e. The van der Waals surface area contributed by atoms with Gasteiger partial charge in [0.2, 0.25) is 0 Å². The molecule has 1 aliphatic rings. The first-order valence-electron chi connectivity index (χ1n) is 6.84. The van der Waals surface area contributed by atoms with Gasteiger partial charge in [-0.25, -0.2) is 0 Å². The highest BCUT2D eigenvalue weighted by atomic mass is 32.2. The first-order valence-corrected chi connectivity index (χ1v) is 7.83. The minimum atomic E-state index is -0.267. The number of hydrogen-bond acceptors (Lipinski definition) is 3. The van der Waals surface area contributed by atoms with Crippen LogP contribution in [0.1, 0.15) is 12.8 Å². The Morgan fingerprint density at radius 2 is 1.95 bits per heavy atom. The molecule has 1 aliphatic carbocycles. The van der Waals surface area contributed by atoms with Crippen LogP contribution < -0.4 is 5.32 Å². The van der Waals surface area contributed by atoms with Crippen molar-refractivity contribution >= 4 is 22.5 Å². The van der Waals surface area contributed by atoms with Gasteiger partial charge < -0.3 is 10.4 Å². The predicted molar refractivity (Wildman–Crippen MR) is 81.7 cm³/mol. The summed E-state index contributed by atoms with van der Waals surface area (Å²) in [6.07, 6.45) is 2.27. The molecule has 1 saturated carbocycles. The Labute approximate surface area is 118 Å². The van der Waals surface area contributed by atoms with Gasteiger partial charge in [-0.1, -0.05) is 30.3 Å². The average molecular weight is 273 g/mol. The molecule has 0 heterocycles. The highest BCUT2D eigenvalue weighted by molar-refractivity contribution is 7.99. The van der Waals surface area contributed by atoms with Crippen LogP contribution in [0, 0.1) is 0 Å². The van der Waals surface area contributed by atoms with E-state index in [2.05, 4.69) is 47.8 Å². The summed E-state index contributed by atoms with van der Waals surface area (Å²) in [5.74, 6) is 0.748. The van der Waals surface area contributed by atoms with Gasteiger partial charge in [-0.2, -0.15) is 0 Å². The van der Waals surface area contributed by atoms with E-state index in [0.717, 1.165) is 5.75 Å². The van der Waals surface area contributed by atoms with E-state index in [0.29, 0.717) is 12.6 Å². The second-order valence-corrected chi connectivity index (χ2v) is 6.25. The smallest absolute Gasteiger partial charge is 0.0758 e. The maximum Gasteiger partial charge on any atom is 0.0758 e. The van der Waals surface area contributed by atoms with Crippen LogP contribution in [-0.4, -0.2) is 29.5 Å². The third kappa shape index (κ3) is 3.72. The summed E-state index contributed by atoms with van der Waals surface area (Å²) in [6.45, 7) is 0.714. The predicted octanol–water partition coefficient (Wildman–Crippen LogP) is 3.04. The highest BCUT2D eigenvalue weighted by Crippen LogP contribution is 2.24. The molecule has 1 atom stereocenters. The molecule has 0 amide bonds. The summed E-state index contributed by atoms with van der Waals surface area (Å²) < 4.78 is 0. The number of fused-ring (bicyclic) bond motifs is 1. The molecular weight excluding hydrogens is 254 g/mol. The topological polar surface area (TPSA) is 32.3 Å². The Morgan fingerprint density at radius 1 is 1.16 bits per heavy atom. The first-order chi connectivity index (χ1) is 9.31. The summed E-state index contributed by atoms with van der Waals surface area (Å²) in [5.41, 5.74) is 0. The van der Waals surface area contributed by atoms with Crippen LogP contribution in [0.15, 0.2) is 47.4 Å². The number of aliphatic hydroxyl groups is 1. The van der Waals surface area contributed by atoms with Crippen LogP contribution in [0.2, 0.25) is 0 Å². The molecule has 19 heavy (non-hydrogen) atoms. The van der Waals surface area contributed by atoms with Crippen LogP contribution in [0.4, 0.5) is 0 Å². The molecule has 2 N–H and O–H groups in total. The molecule has 2 aromatic carbocycles. The molecule has 100 valence electrons. The first kappa shape index (κ1) is 13.0. The van der Waals surface area contributed by atoms with Crippen LogP contribution in [0.5, 0.6) is 0 Å². The van der Waals surface area contributed by atoms with Gasteiger partial charge in [0.1, 0.15) is 0 Å². The Balaban J connectivity index is 1.55. The summed E-state index contributed by atoms with van der Waals surface area (Å²) >= 11 is 1.73. The fraction of sp³-hybridized carbons (Fsp3) is 0.375. The van der Waals surface area contributed by atoms with E-state index in [9.17, 15) is 5.11 Å². The molecule has 0 saturated heterocycles. The third-order valence-corrected chi connectivity index (χ3v) is 4.52. The molecule has 0 bridgehead atoms. The molecule has 3 rings (SSSR count). The average Bonchev–Trinajstić information content (AvgIpc) is 3.27. The zero-order valence-corrected chi connectivity index (χ0v) is 11.7. The van der Waals surface area contributed by atoms with E-state index in [4.69, 9.17) is 0 Å². The van der Waals surface area contributed by atoms with Crippen molar-refractivity contribution in [1.29, 1.82) is 0 Å². The van der Waals surface area contributed by atoms with Gasteiger partial charge in [0, 0.05) is 23.2 Å². The van der Waals surface area contributed by atoms with Crippen molar-refractivity contribution in [3.8, 4) is 0 Å². The standard InChI is InChI=1S/C16H19NOS/c18-15(10-17-14-6-7-14)11-19-16-8-5-12-3-1-2-4-13(12)9-16/h1-5,8-9,14-15,17-18H,6-7,10-11H2. The van der Waals surface area contributed by atoms with E-state index in [1.807, 2.05) is 0 Å². The molecule has 1 fully saturated rings. The molecule has 1 unspecified atom stereocenters. The van der Waals surface area contributed by atoms with Crippen molar-refractivity contribution in [3.63, 3.8) is 0 Å². The molecule has 0 aromatic heterocycles. The number of rotatable bonds is 6. The Kier molecular flexibility index (Phi) is 4.06. The van der Waals surface area contributed by atoms with Crippen molar-refractivity contribution in [1.82, 2.24) is 5.32 Å². The zero-order valence-electron chi connectivity index (χ0n) is 10.9. The second-order valence-electron chi connectivity index (χ2n) is 5.16. The Bertz CT molecular complexity index is 553. The SMILES string of the molecule is OC(CNC1CC1)CSc1ccc2ccccc2c1. The number of hydrogen-bond donors (Lipinski definition) is 2. The molecular formula is C16H19NOS. The summed E-state index contributed by atoms with van der Waals surface area (Å²) in [5, 5.41) is 15.8. The van der Waals surface area contributed by atoms with E-state index in [1.165, 1.54) is 28.5 Å². The molecule has 0 radical (unpaired) electrons. The van der Waals surface area contributed by atoms with Crippen LogP contribution in [0.3, 0.4) is 0 Å². The van der Waals surface area contributed by atoms with Crippen molar-refractivity contribution in [2.45, 2.75) is 29.9 Å². The fourth-order valence-electron chi connectivity index (χ4n) is 2.10. The zero-order chi connectivity index (χ0) is 13.1. The van der Waals surface area contributed by atoms with Gasteiger partial charge in [0.05, 0.1) is 6.10 Å². The Hall–Kier alpha value is -1.03. The number of thioether (sulfide) groups is 1. The van der Waals surface area contributed by atoms with Gasteiger partial charge in [0.15, 0.2) is 0 Å². The van der Waals surface area contributed by atoms with Crippen molar-refractivity contribution in [2.24, 2.45) is 0 Å². The number of benzene rings is 2. The van der Waals surface area contributed by atoms with Crippen molar-refractivity contribution in [3.05, 3.63) is 42.5 Å². The second kappa shape index (κ2) is 5.95. The lowest BCUT2D eigenvalue weighted by Crippen LogP contribution is -2.29. The quantitative estimate of drug-likeness (QED) is 0.793. The lowest BCUT2D eigenvalue weighted by atomic mass is 10.1. The van der Waals surface area contributed by atoms with Gasteiger partial charge >= 0.3 is 0 Å². The van der Waals surface area contributed by atoms with Crippen LogP contribution >= 0.6 is 11.8 Å². The van der Waals surface area contributed by atoms with Gasteiger partial charge in [-0.05, 0) is 35.7 Å².